The zero-order valence-corrected chi connectivity index (χ0v) is 15.1. The first-order valence-corrected chi connectivity index (χ1v) is 8.93. The van der Waals surface area contributed by atoms with Gasteiger partial charge in [0, 0.05) is 36.2 Å². The van der Waals surface area contributed by atoms with Gasteiger partial charge in [-0.3, -0.25) is 4.57 Å². The van der Waals surface area contributed by atoms with Crippen LogP contribution in [0.2, 0.25) is 0 Å². The van der Waals surface area contributed by atoms with Crippen molar-refractivity contribution in [3.8, 4) is 5.82 Å². The maximum Gasteiger partial charge on any atom is 0.191 e. The van der Waals surface area contributed by atoms with E-state index in [0.29, 0.717) is 13.1 Å². The van der Waals surface area contributed by atoms with E-state index in [1.807, 2.05) is 36.0 Å². The maximum absolute atomic E-state index is 4.65. The number of aliphatic imine (C=N–C) groups is 1. The van der Waals surface area contributed by atoms with Crippen molar-refractivity contribution in [2.45, 2.75) is 26.9 Å². The first-order valence-electron chi connectivity index (χ1n) is 8.11. The second kappa shape index (κ2) is 8.39. The van der Waals surface area contributed by atoms with Crippen LogP contribution in [-0.2, 0) is 13.1 Å². The van der Waals surface area contributed by atoms with E-state index in [-0.39, 0.29) is 0 Å². The molecule has 0 atom stereocenters. The van der Waals surface area contributed by atoms with Crippen LogP contribution in [0.15, 0.2) is 48.2 Å². The van der Waals surface area contributed by atoms with Crippen LogP contribution in [0.25, 0.3) is 5.82 Å². The van der Waals surface area contributed by atoms with Gasteiger partial charge in [-0.15, -0.1) is 11.3 Å². The Hall–Kier alpha value is -2.74. The third-order valence-corrected chi connectivity index (χ3v) is 4.33. The van der Waals surface area contributed by atoms with Gasteiger partial charge in [0.2, 0.25) is 0 Å². The molecule has 0 aliphatic rings. The molecular formula is C17H21N7S. The molecule has 130 valence electrons. The van der Waals surface area contributed by atoms with E-state index in [0.717, 1.165) is 28.9 Å². The smallest absolute Gasteiger partial charge is 0.191 e. The SMILES string of the molecule is CCNC(=NCc1ccnc(-n2ccnc2)c1)NCc1ncc(C)s1. The van der Waals surface area contributed by atoms with E-state index < -0.39 is 0 Å². The third kappa shape index (κ3) is 4.87. The molecule has 0 unspecified atom stereocenters. The van der Waals surface area contributed by atoms with Gasteiger partial charge in [0.15, 0.2) is 5.96 Å². The van der Waals surface area contributed by atoms with Crippen molar-refractivity contribution in [3.63, 3.8) is 0 Å². The van der Waals surface area contributed by atoms with E-state index in [9.17, 15) is 0 Å². The normalized spacial score (nSPS) is 11.5. The fourth-order valence-corrected chi connectivity index (χ4v) is 2.98. The number of hydrogen-bond donors (Lipinski definition) is 2. The molecule has 0 radical (unpaired) electrons. The predicted octanol–water partition coefficient (Wildman–Crippen LogP) is 2.29. The van der Waals surface area contributed by atoms with Crippen molar-refractivity contribution in [1.29, 1.82) is 0 Å². The summed E-state index contributed by atoms with van der Waals surface area (Å²) in [5.74, 6) is 1.61. The van der Waals surface area contributed by atoms with Crippen LogP contribution in [-0.4, -0.2) is 32.0 Å². The predicted molar refractivity (Wildman–Crippen MR) is 99.9 cm³/mol. The van der Waals surface area contributed by atoms with Crippen LogP contribution >= 0.6 is 11.3 Å². The Morgan fingerprint density at radius 2 is 2.20 bits per heavy atom. The summed E-state index contributed by atoms with van der Waals surface area (Å²) in [7, 11) is 0. The number of guanidine groups is 1. The number of pyridine rings is 1. The zero-order chi connectivity index (χ0) is 17.5. The van der Waals surface area contributed by atoms with Crippen molar-refractivity contribution in [3.05, 3.63) is 58.7 Å². The summed E-state index contributed by atoms with van der Waals surface area (Å²) in [5, 5.41) is 7.63. The van der Waals surface area contributed by atoms with E-state index in [1.54, 1.807) is 30.1 Å². The Bertz CT molecular complexity index is 823. The molecule has 0 saturated carbocycles. The highest BCUT2D eigenvalue weighted by molar-refractivity contribution is 7.11. The second-order valence-electron chi connectivity index (χ2n) is 5.41. The van der Waals surface area contributed by atoms with E-state index in [2.05, 4.69) is 37.5 Å². The van der Waals surface area contributed by atoms with E-state index >= 15 is 0 Å². The molecule has 0 aromatic carbocycles. The van der Waals surface area contributed by atoms with Gasteiger partial charge in [0.25, 0.3) is 0 Å². The van der Waals surface area contributed by atoms with Crippen LogP contribution in [0, 0.1) is 6.92 Å². The van der Waals surface area contributed by atoms with Crippen molar-refractivity contribution in [2.24, 2.45) is 4.99 Å². The number of hydrogen-bond acceptors (Lipinski definition) is 5. The molecule has 0 aliphatic heterocycles. The monoisotopic (exact) mass is 355 g/mol. The van der Waals surface area contributed by atoms with Crippen LogP contribution in [0.4, 0.5) is 0 Å². The van der Waals surface area contributed by atoms with Crippen LogP contribution in [0.5, 0.6) is 0 Å². The Morgan fingerprint density at radius 3 is 2.92 bits per heavy atom. The standard InChI is InChI=1S/C17H21N7S/c1-3-19-17(23-11-16-21-9-13(2)25-16)22-10-14-4-5-20-15(8-14)24-7-6-18-12-24/h4-9,12H,3,10-11H2,1-2H3,(H2,19,22,23). The Balaban J connectivity index is 1.65. The molecule has 7 nitrogen and oxygen atoms in total. The van der Waals surface area contributed by atoms with Gasteiger partial charge in [0.05, 0.1) is 13.1 Å². The summed E-state index contributed by atoms with van der Waals surface area (Å²) in [6.07, 6.45) is 9.02. The fraction of sp³-hybridized carbons (Fsp3) is 0.294. The minimum Gasteiger partial charge on any atom is -0.357 e. The number of rotatable bonds is 6. The minimum absolute atomic E-state index is 0.566. The van der Waals surface area contributed by atoms with Gasteiger partial charge < -0.3 is 10.6 Å². The van der Waals surface area contributed by atoms with Gasteiger partial charge in [-0.05, 0) is 31.5 Å². The molecule has 0 spiro atoms. The molecule has 0 aliphatic carbocycles. The average Bonchev–Trinajstić information content (AvgIpc) is 3.29. The lowest BCUT2D eigenvalue weighted by Gasteiger charge is -2.10. The van der Waals surface area contributed by atoms with Gasteiger partial charge in [-0.25, -0.2) is 19.9 Å². The van der Waals surface area contributed by atoms with Crippen molar-refractivity contribution in [2.75, 3.05) is 6.54 Å². The lowest BCUT2D eigenvalue weighted by atomic mass is 10.2. The molecule has 3 aromatic heterocycles. The Morgan fingerprint density at radius 1 is 1.28 bits per heavy atom. The Labute approximate surface area is 150 Å². The highest BCUT2D eigenvalue weighted by atomic mass is 32.1. The summed E-state index contributed by atoms with van der Waals surface area (Å²) in [6, 6.07) is 3.98. The topological polar surface area (TPSA) is 80.0 Å². The fourth-order valence-electron chi connectivity index (χ4n) is 2.25. The quantitative estimate of drug-likeness (QED) is 0.524. The number of thiazole rings is 1. The summed E-state index contributed by atoms with van der Waals surface area (Å²) in [4.78, 5) is 18.6. The van der Waals surface area contributed by atoms with Gasteiger partial charge in [-0.2, -0.15) is 0 Å². The largest absolute Gasteiger partial charge is 0.357 e. The highest BCUT2D eigenvalue weighted by Gasteiger charge is 2.03. The molecule has 8 heteroatoms. The summed E-state index contributed by atoms with van der Waals surface area (Å²) < 4.78 is 1.88. The number of aromatic nitrogens is 4. The van der Waals surface area contributed by atoms with Crippen LogP contribution in [0.1, 0.15) is 22.4 Å². The molecule has 0 bridgehead atoms. The summed E-state index contributed by atoms with van der Waals surface area (Å²) >= 11 is 1.69. The van der Waals surface area contributed by atoms with Crippen LogP contribution in [0.3, 0.4) is 0 Å². The lowest BCUT2D eigenvalue weighted by Crippen LogP contribution is -2.36. The molecule has 0 amide bonds. The Kier molecular flexibility index (Phi) is 5.73. The van der Waals surface area contributed by atoms with Gasteiger partial charge in [0.1, 0.15) is 17.2 Å². The number of aryl methyl sites for hydroxylation is 1. The average molecular weight is 355 g/mol. The van der Waals surface area contributed by atoms with E-state index in [1.165, 1.54) is 4.88 Å². The van der Waals surface area contributed by atoms with Crippen LogP contribution < -0.4 is 10.6 Å². The van der Waals surface area contributed by atoms with E-state index in [4.69, 9.17) is 0 Å². The zero-order valence-electron chi connectivity index (χ0n) is 14.3. The number of nitrogens with zero attached hydrogens (tertiary/aromatic N) is 5. The number of nitrogens with one attached hydrogen (secondary N) is 2. The molecule has 0 saturated heterocycles. The molecular weight excluding hydrogens is 334 g/mol. The first kappa shape index (κ1) is 17.1. The summed E-state index contributed by atoms with van der Waals surface area (Å²) in [5.41, 5.74) is 1.08. The second-order valence-corrected chi connectivity index (χ2v) is 6.72. The van der Waals surface area contributed by atoms with Gasteiger partial charge in [-0.1, -0.05) is 0 Å². The van der Waals surface area contributed by atoms with Crippen molar-refractivity contribution in [1.82, 2.24) is 30.2 Å². The maximum atomic E-state index is 4.65. The van der Waals surface area contributed by atoms with Crippen molar-refractivity contribution >= 4 is 17.3 Å². The molecule has 0 fully saturated rings. The molecule has 2 N–H and O–H groups in total. The third-order valence-electron chi connectivity index (χ3n) is 3.42. The molecule has 3 aromatic rings. The summed E-state index contributed by atoms with van der Waals surface area (Å²) in [6.45, 7) is 6.15. The minimum atomic E-state index is 0.566. The number of imidazole rings is 1. The van der Waals surface area contributed by atoms with Gasteiger partial charge >= 0.3 is 0 Å². The van der Waals surface area contributed by atoms with Crippen molar-refractivity contribution < 1.29 is 0 Å². The highest BCUT2D eigenvalue weighted by Crippen LogP contribution is 2.10. The lowest BCUT2D eigenvalue weighted by molar-refractivity contribution is 0.811. The first-order chi connectivity index (χ1) is 12.2. The molecule has 3 heterocycles. The molecule has 3 rings (SSSR count). The molecule has 25 heavy (non-hydrogen) atoms.